The van der Waals surface area contributed by atoms with Crippen LogP contribution in [0.4, 0.5) is 0 Å². The van der Waals surface area contributed by atoms with Gasteiger partial charge >= 0.3 is 5.97 Å². The summed E-state index contributed by atoms with van der Waals surface area (Å²) in [6.45, 7) is 2.48. The topological polar surface area (TPSA) is 53.3 Å². The van der Waals surface area contributed by atoms with E-state index in [0.29, 0.717) is 18.8 Å². The van der Waals surface area contributed by atoms with E-state index < -0.39 is 0 Å². The van der Waals surface area contributed by atoms with Gasteiger partial charge in [-0.25, -0.2) is 4.79 Å². The van der Waals surface area contributed by atoms with E-state index in [0.717, 1.165) is 5.69 Å². The van der Waals surface area contributed by atoms with E-state index in [1.54, 1.807) is 25.8 Å². The van der Waals surface area contributed by atoms with Gasteiger partial charge < -0.3 is 9.47 Å². The summed E-state index contributed by atoms with van der Waals surface area (Å²) in [6.07, 6.45) is 1.49. The van der Waals surface area contributed by atoms with Crippen molar-refractivity contribution in [1.82, 2.24) is 9.78 Å². The highest BCUT2D eigenvalue weighted by Crippen LogP contribution is 2.10. The molecule has 0 spiro atoms. The summed E-state index contributed by atoms with van der Waals surface area (Å²) in [7, 11) is 3.33. The fourth-order valence-electron chi connectivity index (χ4n) is 1.15. The molecule has 5 nitrogen and oxygen atoms in total. The molecule has 1 heterocycles. The van der Waals surface area contributed by atoms with Gasteiger partial charge in [0.2, 0.25) is 0 Å². The third-order valence-electron chi connectivity index (χ3n) is 1.84. The summed E-state index contributed by atoms with van der Waals surface area (Å²) >= 11 is 0. The Morgan fingerprint density at radius 2 is 2.36 bits per heavy atom. The van der Waals surface area contributed by atoms with Crippen LogP contribution < -0.4 is 0 Å². The van der Waals surface area contributed by atoms with E-state index in [4.69, 9.17) is 9.47 Å². The van der Waals surface area contributed by atoms with Gasteiger partial charge in [0.25, 0.3) is 0 Å². The van der Waals surface area contributed by atoms with Crippen molar-refractivity contribution in [1.29, 1.82) is 0 Å². The van der Waals surface area contributed by atoms with Crippen LogP contribution >= 0.6 is 0 Å². The number of hydrogen-bond donors (Lipinski definition) is 0. The molecule has 0 N–H and O–H groups in total. The lowest BCUT2D eigenvalue weighted by atomic mass is 10.2. The molecule has 1 aromatic heterocycles. The molecule has 0 radical (unpaired) electrons. The molecule has 0 aliphatic heterocycles. The minimum Gasteiger partial charge on any atom is -0.462 e. The zero-order valence-corrected chi connectivity index (χ0v) is 8.61. The number of carbonyl (C=O) groups excluding carboxylic acids is 1. The highest BCUT2D eigenvalue weighted by molar-refractivity contribution is 5.90. The van der Waals surface area contributed by atoms with E-state index in [2.05, 4.69) is 5.10 Å². The van der Waals surface area contributed by atoms with Crippen LogP contribution in [0.3, 0.4) is 0 Å². The molecule has 0 amide bonds. The summed E-state index contributed by atoms with van der Waals surface area (Å²) in [6, 6.07) is 0. The molecule has 14 heavy (non-hydrogen) atoms. The van der Waals surface area contributed by atoms with E-state index in [-0.39, 0.29) is 5.97 Å². The first kappa shape index (κ1) is 10.7. The van der Waals surface area contributed by atoms with Crippen LogP contribution in [0.15, 0.2) is 6.20 Å². The summed E-state index contributed by atoms with van der Waals surface area (Å²) in [5, 5.41) is 3.97. The number of rotatable bonds is 4. The number of ether oxygens (including phenoxy) is 2. The van der Waals surface area contributed by atoms with Crippen LogP contribution in [0.2, 0.25) is 0 Å². The zero-order chi connectivity index (χ0) is 10.6. The predicted molar refractivity (Wildman–Crippen MR) is 49.9 cm³/mol. The minimum atomic E-state index is -0.354. The van der Waals surface area contributed by atoms with Crippen molar-refractivity contribution in [3.05, 3.63) is 17.5 Å². The molecule has 0 saturated heterocycles. The first-order chi connectivity index (χ1) is 6.70. The molecular formula is C9H14N2O3. The van der Waals surface area contributed by atoms with Crippen LogP contribution in [-0.4, -0.2) is 29.5 Å². The van der Waals surface area contributed by atoms with Crippen LogP contribution in [0, 0.1) is 0 Å². The Labute approximate surface area is 82.6 Å². The average molecular weight is 198 g/mol. The van der Waals surface area contributed by atoms with Crippen molar-refractivity contribution in [3.8, 4) is 0 Å². The molecule has 0 saturated carbocycles. The summed E-state index contributed by atoms with van der Waals surface area (Å²) in [5.41, 5.74) is 1.20. The summed E-state index contributed by atoms with van der Waals surface area (Å²) < 4.78 is 11.5. The lowest BCUT2D eigenvalue weighted by Gasteiger charge is -2.04. The van der Waals surface area contributed by atoms with Crippen molar-refractivity contribution in [2.24, 2.45) is 7.05 Å². The Morgan fingerprint density at radius 3 is 2.93 bits per heavy atom. The van der Waals surface area contributed by atoms with E-state index in [1.807, 2.05) is 0 Å². The molecule has 0 aromatic carbocycles. The van der Waals surface area contributed by atoms with Crippen molar-refractivity contribution in [3.63, 3.8) is 0 Å². The summed E-state index contributed by atoms with van der Waals surface area (Å²) in [4.78, 5) is 11.4. The Hall–Kier alpha value is -1.36. The van der Waals surface area contributed by atoms with Crippen molar-refractivity contribution < 1.29 is 14.3 Å². The van der Waals surface area contributed by atoms with E-state index in [1.165, 1.54) is 6.20 Å². The molecule has 0 fully saturated rings. The molecule has 0 aliphatic carbocycles. The second-order valence-electron chi connectivity index (χ2n) is 2.78. The predicted octanol–water partition coefficient (Wildman–Crippen LogP) is 0.743. The summed E-state index contributed by atoms with van der Waals surface area (Å²) in [5.74, 6) is -0.354. The smallest absolute Gasteiger partial charge is 0.341 e. The first-order valence-corrected chi connectivity index (χ1v) is 4.37. The number of nitrogens with zero attached hydrogens (tertiary/aromatic N) is 2. The SMILES string of the molecule is CCOC(=O)c1cnn(C)c1COC. The molecule has 1 aromatic rings. The lowest BCUT2D eigenvalue weighted by Crippen LogP contribution is -2.09. The van der Waals surface area contributed by atoms with Gasteiger partial charge in [-0.15, -0.1) is 0 Å². The maximum Gasteiger partial charge on any atom is 0.341 e. The van der Waals surface area contributed by atoms with Gasteiger partial charge in [-0.2, -0.15) is 5.10 Å². The lowest BCUT2D eigenvalue weighted by molar-refractivity contribution is 0.0521. The molecule has 0 unspecified atom stereocenters. The Balaban J connectivity index is 2.90. The average Bonchev–Trinajstić information content (AvgIpc) is 2.50. The maximum atomic E-state index is 11.4. The number of hydrogen-bond acceptors (Lipinski definition) is 4. The van der Waals surface area contributed by atoms with Gasteiger partial charge in [-0.3, -0.25) is 4.68 Å². The number of methoxy groups -OCH3 is 1. The van der Waals surface area contributed by atoms with Gasteiger partial charge in [-0.05, 0) is 6.92 Å². The Bertz CT molecular complexity index is 320. The van der Waals surface area contributed by atoms with Gasteiger partial charge in [0, 0.05) is 14.2 Å². The van der Waals surface area contributed by atoms with Crippen LogP contribution in [-0.2, 0) is 23.1 Å². The molecule has 0 aliphatic rings. The Kier molecular flexibility index (Phi) is 3.64. The Morgan fingerprint density at radius 1 is 1.64 bits per heavy atom. The van der Waals surface area contributed by atoms with Crippen LogP contribution in [0.25, 0.3) is 0 Å². The number of esters is 1. The number of aromatic nitrogens is 2. The van der Waals surface area contributed by atoms with E-state index >= 15 is 0 Å². The largest absolute Gasteiger partial charge is 0.462 e. The van der Waals surface area contributed by atoms with Crippen LogP contribution in [0.1, 0.15) is 23.0 Å². The maximum absolute atomic E-state index is 11.4. The second-order valence-corrected chi connectivity index (χ2v) is 2.78. The number of aryl methyl sites for hydroxylation is 1. The fourth-order valence-corrected chi connectivity index (χ4v) is 1.15. The standard InChI is InChI=1S/C9H14N2O3/c1-4-14-9(12)7-5-10-11(2)8(7)6-13-3/h5H,4,6H2,1-3H3. The van der Waals surface area contributed by atoms with Gasteiger partial charge in [0.1, 0.15) is 5.56 Å². The molecule has 78 valence electrons. The third-order valence-corrected chi connectivity index (χ3v) is 1.84. The number of carbonyl (C=O) groups is 1. The van der Waals surface area contributed by atoms with Gasteiger partial charge in [0.15, 0.2) is 0 Å². The van der Waals surface area contributed by atoms with Gasteiger partial charge in [0.05, 0.1) is 25.1 Å². The van der Waals surface area contributed by atoms with E-state index in [9.17, 15) is 4.79 Å². The minimum absolute atomic E-state index is 0.352. The van der Waals surface area contributed by atoms with Crippen LogP contribution in [0.5, 0.6) is 0 Å². The first-order valence-electron chi connectivity index (χ1n) is 4.37. The molecule has 0 atom stereocenters. The van der Waals surface area contributed by atoms with Crippen molar-refractivity contribution in [2.75, 3.05) is 13.7 Å². The third kappa shape index (κ3) is 2.11. The second kappa shape index (κ2) is 4.76. The molecular weight excluding hydrogens is 184 g/mol. The molecule has 0 bridgehead atoms. The van der Waals surface area contributed by atoms with Gasteiger partial charge in [-0.1, -0.05) is 0 Å². The quantitative estimate of drug-likeness (QED) is 0.670. The fraction of sp³-hybridized carbons (Fsp3) is 0.556. The zero-order valence-electron chi connectivity index (χ0n) is 8.61. The normalized spacial score (nSPS) is 10.2. The highest BCUT2D eigenvalue weighted by atomic mass is 16.5. The monoisotopic (exact) mass is 198 g/mol. The van der Waals surface area contributed by atoms with Crippen molar-refractivity contribution in [2.45, 2.75) is 13.5 Å². The molecule has 1 rings (SSSR count). The highest BCUT2D eigenvalue weighted by Gasteiger charge is 2.16. The van der Waals surface area contributed by atoms with Crippen molar-refractivity contribution >= 4 is 5.97 Å². The molecule has 5 heteroatoms.